The SMILES string of the molecule is COC(=O)c1ccc([C@H]2C(C#N)=C(N)Oc3n[nH]c(-c4ccc(OCc5ccccc5)cc4)c32)cc1. The van der Waals surface area contributed by atoms with E-state index in [1.54, 1.807) is 24.3 Å². The van der Waals surface area contributed by atoms with Gasteiger partial charge in [0.2, 0.25) is 11.8 Å². The fraction of sp³-hybridized carbons (Fsp3) is 0.107. The van der Waals surface area contributed by atoms with Gasteiger partial charge in [-0.1, -0.05) is 42.5 Å². The number of rotatable bonds is 6. The summed E-state index contributed by atoms with van der Waals surface area (Å²) >= 11 is 0. The van der Waals surface area contributed by atoms with Crippen LogP contribution >= 0.6 is 0 Å². The Morgan fingerprint density at radius 3 is 2.47 bits per heavy atom. The molecule has 0 fully saturated rings. The monoisotopic (exact) mass is 478 g/mol. The number of ether oxygens (including phenoxy) is 3. The second kappa shape index (κ2) is 9.68. The Morgan fingerprint density at radius 1 is 1.08 bits per heavy atom. The zero-order chi connectivity index (χ0) is 25.1. The van der Waals surface area contributed by atoms with Gasteiger partial charge in [-0.15, -0.1) is 5.10 Å². The highest BCUT2D eigenvalue weighted by Gasteiger charge is 2.35. The van der Waals surface area contributed by atoms with E-state index in [-0.39, 0.29) is 11.5 Å². The maximum atomic E-state index is 11.9. The number of benzene rings is 3. The van der Waals surface area contributed by atoms with Crippen LogP contribution in [-0.2, 0) is 11.3 Å². The predicted octanol–water partition coefficient (Wildman–Crippen LogP) is 4.66. The minimum absolute atomic E-state index is 0.00486. The number of fused-ring (bicyclic) bond motifs is 1. The number of carbonyl (C=O) groups is 1. The molecule has 178 valence electrons. The Kier molecular flexibility index (Phi) is 6.12. The van der Waals surface area contributed by atoms with Crippen molar-refractivity contribution in [3.8, 4) is 29.0 Å². The van der Waals surface area contributed by atoms with Crippen molar-refractivity contribution < 1.29 is 19.0 Å². The number of carbonyl (C=O) groups excluding carboxylic acids is 1. The first-order chi connectivity index (χ1) is 17.6. The quantitative estimate of drug-likeness (QED) is 0.386. The number of hydrogen-bond donors (Lipinski definition) is 2. The summed E-state index contributed by atoms with van der Waals surface area (Å²) < 4.78 is 16.4. The molecule has 8 heteroatoms. The molecule has 1 aliphatic heterocycles. The molecule has 0 unspecified atom stereocenters. The zero-order valence-corrected chi connectivity index (χ0v) is 19.4. The Labute approximate surface area is 207 Å². The van der Waals surface area contributed by atoms with Crippen molar-refractivity contribution in [1.29, 1.82) is 5.26 Å². The first kappa shape index (κ1) is 22.7. The summed E-state index contributed by atoms with van der Waals surface area (Å²) in [6.45, 7) is 0.465. The molecule has 4 aromatic rings. The lowest BCUT2D eigenvalue weighted by Gasteiger charge is -2.24. The van der Waals surface area contributed by atoms with E-state index in [0.717, 1.165) is 22.4 Å². The van der Waals surface area contributed by atoms with Gasteiger partial charge in [-0.2, -0.15) is 5.26 Å². The summed E-state index contributed by atoms with van der Waals surface area (Å²) in [4.78, 5) is 11.9. The van der Waals surface area contributed by atoms with Crippen LogP contribution in [0.15, 0.2) is 90.3 Å². The van der Waals surface area contributed by atoms with Gasteiger partial charge in [0.1, 0.15) is 24.0 Å². The molecule has 3 N–H and O–H groups in total. The van der Waals surface area contributed by atoms with E-state index in [9.17, 15) is 10.1 Å². The van der Waals surface area contributed by atoms with Gasteiger partial charge < -0.3 is 19.9 Å². The Morgan fingerprint density at radius 2 is 1.81 bits per heavy atom. The second-order valence-corrected chi connectivity index (χ2v) is 8.15. The Balaban J connectivity index is 1.48. The van der Waals surface area contributed by atoms with Crippen LogP contribution in [0.1, 0.15) is 33.0 Å². The molecule has 36 heavy (non-hydrogen) atoms. The van der Waals surface area contributed by atoms with Gasteiger partial charge in [-0.05, 0) is 47.5 Å². The normalized spacial score (nSPS) is 14.4. The first-order valence-corrected chi connectivity index (χ1v) is 11.2. The fourth-order valence-electron chi connectivity index (χ4n) is 4.19. The standard InChI is InChI=1S/C28H22N4O4/c1-34-28(33)20-9-7-18(8-10-20)23-22(15-29)26(30)36-27-24(23)25(31-32-27)19-11-13-21(14-12-19)35-16-17-5-3-2-4-6-17/h2-14,23H,16,30H2,1H3,(H,31,32)/t23-/m0/s1. The van der Waals surface area contributed by atoms with E-state index in [1.165, 1.54) is 7.11 Å². The van der Waals surface area contributed by atoms with E-state index in [1.807, 2.05) is 54.6 Å². The largest absolute Gasteiger partial charge is 0.489 e. The van der Waals surface area contributed by atoms with Crippen molar-refractivity contribution in [2.45, 2.75) is 12.5 Å². The Hall–Kier alpha value is -5.03. The van der Waals surface area contributed by atoms with Crippen molar-refractivity contribution in [3.63, 3.8) is 0 Å². The summed E-state index contributed by atoms with van der Waals surface area (Å²) in [7, 11) is 1.33. The molecule has 0 aliphatic carbocycles. The molecule has 8 nitrogen and oxygen atoms in total. The number of allylic oxidation sites excluding steroid dienone is 1. The minimum Gasteiger partial charge on any atom is -0.489 e. The van der Waals surface area contributed by atoms with Crippen LogP contribution in [0.3, 0.4) is 0 Å². The molecule has 3 aromatic carbocycles. The molecule has 0 amide bonds. The number of nitrogens with one attached hydrogen (secondary N) is 1. The van der Waals surface area contributed by atoms with E-state index in [2.05, 4.69) is 16.3 Å². The number of H-pyrrole nitrogens is 1. The highest BCUT2D eigenvalue weighted by atomic mass is 16.5. The second-order valence-electron chi connectivity index (χ2n) is 8.15. The number of hydrogen-bond acceptors (Lipinski definition) is 7. The summed E-state index contributed by atoms with van der Waals surface area (Å²) in [6, 6.07) is 26.6. The molecule has 1 atom stereocenters. The molecule has 2 heterocycles. The molecule has 0 radical (unpaired) electrons. The molecular weight excluding hydrogens is 456 g/mol. The fourth-order valence-corrected chi connectivity index (χ4v) is 4.19. The van der Waals surface area contributed by atoms with Gasteiger partial charge in [0.15, 0.2) is 0 Å². The maximum absolute atomic E-state index is 11.9. The van der Waals surface area contributed by atoms with E-state index >= 15 is 0 Å². The lowest BCUT2D eigenvalue weighted by molar-refractivity contribution is 0.0600. The highest BCUT2D eigenvalue weighted by molar-refractivity contribution is 5.89. The van der Waals surface area contributed by atoms with Gasteiger partial charge in [0.25, 0.3) is 0 Å². The van der Waals surface area contributed by atoms with Gasteiger partial charge in [-0.3, -0.25) is 5.10 Å². The van der Waals surface area contributed by atoms with E-state index in [4.69, 9.17) is 19.9 Å². The van der Waals surface area contributed by atoms with Crippen LogP contribution in [-0.4, -0.2) is 23.3 Å². The number of esters is 1. The van der Waals surface area contributed by atoms with Gasteiger partial charge in [0.05, 0.1) is 29.8 Å². The van der Waals surface area contributed by atoms with Gasteiger partial charge in [-0.25, -0.2) is 4.79 Å². The Bertz CT molecular complexity index is 1470. The molecule has 5 rings (SSSR count). The number of aromatic nitrogens is 2. The van der Waals surface area contributed by atoms with Crippen molar-refractivity contribution in [2.75, 3.05) is 7.11 Å². The van der Waals surface area contributed by atoms with E-state index in [0.29, 0.717) is 29.3 Å². The average molecular weight is 479 g/mol. The molecule has 0 saturated carbocycles. The van der Waals surface area contributed by atoms with Crippen LogP contribution < -0.4 is 15.2 Å². The van der Waals surface area contributed by atoms with Gasteiger partial charge >= 0.3 is 5.97 Å². The van der Waals surface area contributed by atoms with Crippen molar-refractivity contribution >= 4 is 5.97 Å². The summed E-state index contributed by atoms with van der Waals surface area (Å²) in [6.07, 6.45) is 0. The molecule has 0 saturated heterocycles. The van der Waals surface area contributed by atoms with Crippen LogP contribution in [0.4, 0.5) is 0 Å². The topological polar surface area (TPSA) is 123 Å². The van der Waals surface area contributed by atoms with Crippen LogP contribution in [0.25, 0.3) is 11.3 Å². The summed E-state index contributed by atoms with van der Waals surface area (Å²) in [5.74, 6) is 0.0447. The summed E-state index contributed by atoms with van der Waals surface area (Å²) in [5.41, 5.74) is 10.8. The minimum atomic E-state index is -0.534. The molecule has 1 aliphatic rings. The third-order valence-corrected chi connectivity index (χ3v) is 6.00. The van der Waals surface area contributed by atoms with E-state index < -0.39 is 11.9 Å². The highest BCUT2D eigenvalue weighted by Crippen LogP contribution is 2.45. The number of methoxy groups -OCH3 is 1. The first-order valence-electron chi connectivity index (χ1n) is 11.2. The molecule has 0 spiro atoms. The van der Waals surface area contributed by atoms with Gasteiger partial charge in [0, 0.05) is 5.56 Å². The predicted molar refractivity (Wildman–Crippen MR) is 132 cm³/mol. The smallest absolute Gasteiger partial charge is 0.337 e. The van der Waals surface area contributed by atoms with Crippen molar-refractivity contribution in [1.82, 2.24) is 10.2 Å². The number of nitriles is 1. The van der Waals surface area contributed by atoms with Crippen molar-refractivity contribution in [2.24, 2.45) is 5.73 Å². The lowest BCUT2D eigenvalue weighted by atomic mass is 9.83. The molecule has 0 bridgehead atoms. The van der Waals surface area contributed by atoms with Crippen LogP contribution in [0.2, 0.25) is 0 Å². The zero-order valence-electron chi connectivity index (χ0n) is 19.4. The molecular formula is C28H22N4O4. The number of aromatic amines is 1. The summed E-state index contributed by atoms with van der Waals surface area (Å²) in [5, 5.41) is 17.2. The maximum Gasteiger partial charge on any atom is 0.337 e. The average Bonchev–Trinajstić information content (AvgIpc) is 3.35. The van der Waals surface area contributed by atoms with Crippen molar-refractivity contribution in [3.05, 3.63) is 113 Å². The van der Waals surface area contributed by atoms with Crippen LogP contribution in [0.5, 0.6) is 11.6 Å². The third-order valence-electron chi connectivity index (χ3n) is 6.00. The lowest BCUT2D eigenvalue weighted by Crippen LogP contribution is -2.21. The third kappa shape index (κ3) is 4.26. The van der Waals surface area contributed by atoms with Crippen LogP contribution in [0, 0.1) is 11.3 Å². The molecule has 1 aromatic heterocycles. The number of nitrogens with two attached hydrogens (primary N) is 1. The number of nitrogens with zero attached hydrogens (tertiary/aromatic N) is 2.